The van der Waals surface area contributed by atoms with Crippen LogP contribution in [0.3, 0.4) is 0 Å². The maximum absolute atomic E-state index is 12.4. The molecule has 2 atom stereocenters. The van der Waals surface area contributed by atoms with Gasteiger partial charge in [-0.1, -0.05) is 90.9 Å². The number of carbonyl (C=O) groups excluding carboxylic acids is 2. The van der Waals surface area contributed by atoms with Gasteiger partial charge in [-0.15, -0.1) is 0 Å². The lowest BCUT2D eigenvalue weighted by molar-refractivity contribution is -0.908. The molecule has 0 radical (unpaired) electrons. The average molecular weight is 583 g/mol. The molecule has 0 fully saturated rings. The van der Waals surface area contributed by atoms with Gasteiger partial charge in [-0.2, -0.15) is 0 Å². The molecule has 0 aromatic carbocycles. The van der Waals surface area contributed by atoms with Crippen molar-refractivity contribution >= 4 is 19.8 Å². The average Bonchev–Trinajstić information content (AvgIpc) is 2.89. The molecule has 0 saturated carbocycles. The third kappa shape index (κ3) is 24.5. The molecule has 10 nitrogen and oxygen atoms in total. The van der Waals surface area contributed by atoms with Gasteiger partial charge in [0.2, 0.25) is 0 Å². The molecule has 0 saturated heterocycles. The van der Waals surface area contributed by atoms with E-state index in [1.807, 2.05) is 0 Å². The fraction of sp³-hybridized carbons (Fsp3) is 0.929. The number of hydrogen-bond donors (Lipinski definition) is 2. The number of esters is 2. The molecule has 0 aromatic rings. The highest BCUT2D eigenvalue weighted by Crippen LogP contribution is 2.43. The highest BCUT2D eigenvalue weighted by molar-refractivity contribution is 7.47. The number of aliphatic hydroxyl groups excluding tert-OH is 1. The standard InChI is InChI=1S/C28H56NO9P/c1-5-7-9-11-13-15-17-19-27(31)35-23-26(38-28(32)20-18-16-14-12-10-8-6-2)24-37-39(33,34)36-22-21-29(3,4)25-30/h26,30H,5-25H2,1-4H3/p+1/t26-/m0/s1. The Kier molecular flexibility index (Phi) is 23.0. The molecular weight excluding hydrogens is 525 g/mol. The number of rotatable bonds is 27. The van der Waals surface area contributed by atoms with Crippen LogP contribution in [-0.2, 0) is 32.7 Å². The molecular formula is C28H57NO9P+. The van der Waals surface area contributed by atoms with Crippen LogP contribution in [0.1, 0.15) is 117 Å². The van der Waals surface area contributed by atoms with Crippen molar-refractivity contribution in [3.05, 3.63) is 0 Å². The molecule has 0 aliphatic rings. The van der Waals surface area contributed by atoms with E-state index in [1.54, 1.807) is 14.1 Å². The van der Waals surface area contributed by atoms with Crippen LogP contribution in [0, 0.1) is 0 Å². The molecule has 0 bridgehead atoms. The van der Waals surface area contributed by atoms with E-state index in [-0.39, 0.29) is 43.8 Å². The fourth-order valence-corrected chi connectivity index (χ4v) is 4.50. The topological polar surface area (TPSA) is 129 Å². The zero-order chi connectivity index (χ0) is 29.4. The Hall–Kier alpha value is -1.03. The van der Waals surface area contributed by atoms with Crippen molar-refractivity contribution < 1.29 is 47.2 Å². The molecule has 0 heterocycles. The van der Waals surface area contributed by atoms with Crippen LogP contribution < -0.4 is 0 Å². The molecule has 2 N–H and O–H groups in total. The summed E-state index contributed by atoms with van der Waals surface area (Å²) in [6, 6.07) is 0. The van der Waals surface area contributed by atoms with E-state index in [0.29, 0.717) is 6.42 Å². The first-order chi connectivity index (χ1) is 18.5. The van der Waals surface area contributed by atoms with E-state index < -0.39 is 32.5 Å². The van der Waals surface area contributed by atoms with E-state index in [2.05, 4.69) is 13.8 Å². The van der Waals surface area contributed by atoms with E-state index in [9.17, 15) is 24.2 Å². The predicted octanol–water partition coefficient (Wildman–Crippen LogP) is 5.88. The molecule has 1 unspecified atom stereocenters. The van der Waals surface area contributed by atoms with Crippen LogP contribution >= 0.6 is 7.82 Å². The minimum Gasteiger partial charge on any atom is -0.462 e. The normalized spacial score (nSPS) is 14.1. The van der Waals surface area contributed by atoms with Crippen LogP contribution in [0.15, 0.2) is 0 Å². The maximum atomic E-state index is 12.4. The lowest BCUT2D eigenvalue weighted by Gasteiger charge is -2.27. The first kappa shape index (κ1) is 38.0. The molecule has 0 aliphatic carbocycles. The second-order valence-electron chi connectivity index (χ2n) is 10.9. The molecule has 0 aliphatic heterocycles. The van der Waals surface area contributed by atoms with Crippen LogP contribution in [0.4, 0.5) is 0 Å². The minimum atomic E-state index is -4.43. The maximum Gasteiger partial charge on any atom is 0.472 e. The quantitative estimate of drug-likeness (QED) is 0.0401. The molecule has 0 spiro atoms. The summed E-state index contributed by atoms with van der Waals surface area (Å²) in [6.07, 6.45) is 14.5. The first-order valence-electron chi connectivity index (χ1n) is 14.9. The SMILES string of the molecule is CCCCCCCCCC(=O)OC[C@@H](COP(=O)(O)OCC[N+](C)(C)CO)OC(=O)CCCCCCCCC. The summed E-state index contributed by atoms with van der Waals surface area (Å²) in [5.41, 5.74) is 0. The number of unbranched alkanes of at least 4 members (excludes halogenated alkanes) is 12. The number of phosphoric acid groups is 1. The molecule has 39 heavy (non-hydrogen) atoms. The number of hydrogen-bond acceptors (Lipinski definition) is 8. The first-order valence-corrected chi connectivity index (χ1v) is 16.4. The van der Waals surface area contributed by atoms with Gasteiger partial charge in [0.1, 0.15) is 19.8 Å². The van der Waals surface area contributed by atoms with Crippen molar-refractivity contribution in [3.63, 3.8) is 0 Å². The zero-order valence-electron chi connectivity index (χ0n) is 25.1. The molecule has 232 valence electrons. The number of phosphoric ester groups is 1. The van der Waals surface area contributed by atoms with E-state index >= 15 is 0 Å². The molecule has 0 rings (SSSR count). The number of likely N-dealkylation sites (N-methyl/N-ethyl adjacent to an activating group) is 1. The van der Waals surface area contributed by atoms with Gasteiger partial charge in [0.05, 0.1) is 20.7 Å². The summed E-state index contributed by atoms with van der Waals surface area (Å²) >= 11 is 0. The van der Waals surface area contributed by atoms with Gasteiger partial charge in [0, 0.05) is 12.8 Å². The van der Waals surface area contributed by atoms with Gasteiger partial charge in [-0.05, 0) is 12.8 Å². The summed E-state index contributed by atoms with van der Waals surface area (Å²) in [7, 11) is -0.942. The highest BCUT2D eigenvalue weighted by Gasteiger charge is 2.27. The Morgan fingerprint density at radius 2 is 1.23 bits per heavy atom. The van der Waals surface area contributed by atoms with Crippen molar-refractivity contribution in [1.82, 2.24) is 0 Å². The minimum absolute atomic E-state index is 0.114. The lowest BCUT2D eigenvalue weighted by atomic mass is 10.1. The Morgan fingerprint density at radius 1 is 0.744 bits per heavy atom. The van der Waals surface area contributed by atoms with Crippen molar-refractivity contribution in [1.29, 1.82) is 0 Å². The largest absolute Gasteiger partial charge is 0.472 e. The van der Waals surface area contributed by atoms with Crippen LogP contribution in [0.5, 0.6) is 0 Å². The number of nitrogens with zero attached hydrogens (tertiary/aromatic N) is 1. The number of quaternary nitrogens is 1. The van der Waals surface area contributed by atoms with Gasteiger partial charge in [-0.3, -0.25) is 18.6 Å². The summed E-state index contributed by atoms with van der Waals surface area (Å²) in [6.45, 7) is 3.66. The summed E-state index contributed by atoms with van der Waals surface area (Å²) in [5.74, 6) is -0.861. The van der Waals surface area contributed by atoms with Gasteiger partial charge < -0.3 is 24.0 Å². The van der Waals surface area contributed by atoms with E-state index in [1.165, 1.54) is 38.5 Å². The number of carbonyl (C=O) groups is 2. The van der Waals surface area contributed by atoms with Gasteiger partial charge in [-0.25, -0.2) is 4.57 Å². The van der Waals surface area contributed by atoms with Crippen LogP contribution in [-0.4, -0.2) is 79.7 Å². The Morgan fingerprint density at radius 3 is 1.74 bits per heavy atom. The second kappa shape index (κ2) is 23.7. The Bertz CT molecular complexity index is 675. The van der Waals surface area contributed by atoms with Gasteiger partial charge >= 0.3 is 19.8 Å². The fourth-order valence-electron chi connectivity index (χ4n) is 3.76. The number of aliphatic hydroxyl groups is 1. The van der Waals surface area contributed by atoms with Crippen molar-refractivity contribution in [2.75, 3.05) is 47.2 Å². The molecule has 0 amide bonds. The van der Waals surface area contributed by atoms with Crippen LogP contribution in [0.25, 0.3) is 0 Å². The van der Waals surface area contributed by atoms with Crippen molar-refractivity contribution in [2.45, 2.75) is 123 Å². The third-order valence-corrected chi connectivity index (χ3v) is 7.44. The highest BCUT2D eigenvalue weighted by atomic mass is 31.2. The Balaban J connectivity index is 4.62. The zero-order valence-corrected chi connectivity index (χ0v) is 26.0. The number of ether oxygens (including phenoxy) is 2. The van der Waals surface area contributed by atoms with Crippen molar-refractivity contribution in [2.24, 2.45) is 0 Å². The summed E-state index contributed by atoms with van der Waals surface area (Å²) < 4.78 is 33.2. The van der Waals surface area contributed by atoms with Gasteiger partial charge in [0.15, 0.2) is 12.8 Å². The van der Waals surface area contributed by atoms with Gasteiger partial charge in [0.25, 0.3) is 0 Å². The smallest absolute Gasteiger partial charge is 0.462 e. The van der Waals surface area contributed by atoms with E-state index in [4.69, 9.17) is 18.5 Å². The summed E-state index contributed by atoms with van der Waals surface area (Å²) in [4.78, 5) is 34.6. The van der Waals surface area contributed by atoms with Crippen molar-refractivity contribution in [3.8, 4) is 0 Å². The third-order valence-electron chi connectivity index (χ3n) is 6.45. The molecule has 11 heteroatoms. The monoisotopic (exact) mass is 582 g/mol. The second-order valence-corrected chi connectivity index (χ2v) is 12.4. The summed E-state index contributed by atoms with van der Waals surface area (Å²) in [5, 5.41) is 9.29. The van der Waals surface area contributed by atoms with E-state index in [0.717, 1.165) is 44.9 Å². The molecule has 0 aromatic heterocycles. The predicted molar refractivity (Wildman–Crippen MR) is 152 cm³/mol. The van der Waals surface area contributed by atoms with Crippen LogP contribution in [0.2, 0.25) is 0 Å². The Labute approximate surface area is 236 Å². The lowest BCUT2D eigenvalue weighted by Crippen LogP contribution is -2.42.